The highest BCUT2D eigenvalue weighted by Crippen LogP contribution is 2.19. The largest absolute Gasteiger partial charge is 0.462 e. The first kappa shape index (κ1) is 13.8. The molecule has 0 unspecified atom stereocenters. The van der Waals surface area contributed by atoms with Gasteiger partial charge in [-0.1, -0.05) is 0 Å². The van der Waals surface area contributed by atoms with Crippen molar-refractivity contribution < 1.29 is 14.3 Å². The molecule has 1 aromatic heterocycles. The maximum atomic E-state index is 11.5. The van der Waals surface area contributed by atoms with Crippen LogP contribution >= 0.6 is 0 Å². The number of aromatic nitrogens is 1. The van der Waals surface area contributed by atoms with Gasteiger partial charge in [-0.05, 0) is 31.9 Å². The average Bonchev–Trinajstić information content (AvgIpc) is 2.48. The quantitative estimate of drug-likeness (QED) is 0.777. The van der Waals surface area contributed by atoms with Gasteiger partial charge in [0.1, 0.15) is 5.82 Å². The van der Waals surface area contributed by atoms with E-state index < -0.39 is 0 Å². The van der Waals surface area contributed by atoms with Crippen LogP contribution in [0.2, 0.25) is 0 Å². The molecule has 104 valence electrons. The second kappa shape index (κ2) is 6.52. The number of anilines is 1. The van der Waals surface area contributed by atoms with E-state index in [2.05, 4.69) is 9.88 Å². The van der Waals surface area contributed by atoms with Crippen molar-refractivity contribution in [2.24, 2.45) is 0 Å². The van der Waals surface area contributed by atoms with Gasteiger partial charge in [-0.2, -0.15) is 0 Å². The highest BCUT2D eigenvalue weighted by atomic mass is 16.5. The molecule has 2 rings (SSSR count). The van der Waals surface area contributed by atoms with Gasteiger partial charge >= 0.3 is 5.97 Å². The first-order chi connectivity index (χ1) is 9.22. The first-order valence-corrected chi connectivity index (χ1v) is 6.66. The smallest absolute Gasteiger partial charge is 0.339 e. The van der Waals surface area contributed by atoms with E-state index in [1.54, 1.807) is 19.2 Å². The molecule has 19 heavy (non-hydrogen) atoms. The van der Waals surface area contributed by atoms with Gasteiger partial charge in [0.25, 0.3) is 0 Å². The fourth-order valence-corrected chi connectivity index (χ4v) is 2.19. The number of hydrogen-bond donors (Lipinski definition) is 0. The Morgan fingerprint density at radius 1 is 1.47 bits per heavy atom. The molecule has 0 bridgehead atoms. The number of esters is 1. The zero-order valence-corrected chi connectivity index (χ0v) is 11.5. The van der Waals surface area contributed by atoms with E-state index in [1.807, 2.05) is 13.1 Å². The van der Waals surface area contributed by atoms with Crippen LogP contribution < -0.4 is 4.90 Å². The topological polar surface area (TPSA) is 51.7 Å². The molecule has 0 radical (unpaired) electrons. The third-order valence-corrected chi connectivity index (χ3v) is 3.36. The molecule has 1 aliphatic heterocycles. The van der Waals surface area contributed by atoms with Crippen LogP contribution in [0.5, 0.6) is 0 Å². The standard InChI is InChI=1S/C14H20N2O3/c1-3-19-14(17)11-4-5-13(15-10-11)16(2)12-6-8-18-9-7-12/h4-5,10,12H,3,6-9H2,1-2H3. The molecule has 2 heterocycles. The molecule has 0 saturated carbocycles. The van der Waals surface area contributed by atoms with E-state index in [0.29, 0.717) is 18.2 Å². The summed E-state index contributed by atoms with van der Waals surface area (Å²) in [6.07, 6.45) is 3.60. The van der Waals surface area contributed by atoms with Gasteiger partial charge in [-0.25, -0.2) is 9.78 Å². The van der Waals surface area contributed by atoms with Gasteiger partial charge in [0.05, 0.1) is 12.2 Å². The molecular formula is C14H20N2O3. The summed E-state index contributed by atoms with van der Waals surface area (Å²) < 4.78 is 10.3. The molecule has 0 spiro atoms. The lowest BCUT2D eigenvalue weighted by atomic mass is 10.1. The highest BCUT2D eigenvalue weighted by molar-refractivity contribution is 5.89. The summed E-state index contributed by atoms with van der Waals surface area (Å²) in [6.45, 7) is 3.77. The minimum atomic E-state index is -0.324. The second-order valence-electron chi connectivity index (χ2n) is 4.58. The summed E-state index contributed by atoms with van der Waals surface area (Å²) in [5.74, 6) is 0.551. The maximum absolute atomic E-state index is 11.5. The Labute approximate surface area is 113 Å². The Kier molecular flexibility index (Phi) is 4.74. The molecule has 0 aliphatic carbocycles. The highest BCUT2D eigenvalue weighted by Gasteiger charge is 2.19. The molecule has 0 amide bonds. The van der Waals surface area contributed by atoms with Crippen LogP contribution in [-0.4, -0.2) is 43.9 Å². The van der Waals surface area contributed by atoms with Gasteiger partial charge < -0.3 is 14.4 Å². The van der Waals surface area contributed by atoms with Gasteiger partial charge in [-0.15, -0.1) is 0 Å². The van der Waals surface area contributed by atoms with E-state index in [0.717, 1.165) is 31.9 Å². The maximum Gasteiger partial charge on any atom is 0.339 e. The van der Waals surface area contributed by atoms with Gasteiger partial charge in [-0.3, -0.25) is 0 Å². The van der Waals surface area contributed by atoms with Crippen molar-refractivity contribution in [1.82, 2.24) is 4.98 Å². The predicted octanol–water partition coefficient (Wildman–Crippen LogP) is 1.87. The molecule has 0 N–H and O–H groups in total. The molecular weight excluding hydrogens is 244 g/mol. The Hall–Kier alpha value is -1.62. The second-order valence-corrected chi connectivity index (χ2v) is 4.58. The van der Waals surface area contributed by atoms with Crippen LogP contribution in [0.4, 0.5) is 5.82 Å². The third-order valence-electron chi connectivity index (χ3n) is 3.36. The Bertz CT molecular complexity index is 413. The lowest BCUT2D eigenvalue weighted by molar-refractivity contribution is 0.0526. The van der Waals surface area contributed by atoms with Gasteiger partial charge in [0.15, 0.2) is 0 Å². The van der Waals surface area contributed by atoms with Crippen LogP contribution in [0.25, 0.3) is 0 Å². The monoisotopic (exact) mass is 264 g/mol. The first-order valence-electron chi connectivity index (χ1n) is 6.66. The van der Waals surface area contributed by atoms with Gasteiger partial charge in [0, 0.05) is 32.5 Å². The summed E-state index contributed by atoms with van der Waals surface area (Å²) in [5, 5.41) is 0. The number of carbonyl (C=O) groups excluding carboxylic acids is 1. The summed E-state index contributed by atoms with van der Waals surface area (Å²) in [5.41, 5.74) is 0.492. The zero-order valence-electron chi connectivity index (χ0n) is 11.5. The van der Waals surface area contributed by atoms with Crippen molar-refractivity contribution >= 4 is 11.8 Å². The van der Waals surface area contributed by atoms with Crippen molar-refractivity contribution in [2.75, 3.05) is 31.8 Å². The number of rotatable bonds is 4. The molecule has 5 nitrogen and oxygen atoms in total. The average molecular weight is 264 g/mol. The third kappa shape index (κ3) is 3.44. The summed E-state index contributed by atoms with van der Waals surface area (Å²) in [4.78, 5) is 18.0. The van der Waals surface area contributed by atoms with Crippen molar-refractivity contribution in [2.45, 2.75) is 25.8 Å². The molecule has 1 aliphatic rings. The normalized spacial score (nSPS) is 16.1. The molecule has 1 fully saturated rings. The Morgan fingerprint density at radius 3 is 2.79 bits per heavy atom. The van der Waals surface area contributed by atoms with Crippen LogP contribution in [-0.2, 0) is 9.47 Å². The van der Waals surface area contributed by atoms with Crippen LogP contribution in [0, 0.1) is 0 Å². The van der Waals surface area contributed by atoms with Crippen LogP contribution in [0.15, 0.2) is 18.3 Å². The lowest BCUT2D eigenvalue weighted by Gasteiger charge is -2.32. The molecule has 1 aromatic rings. The van der Waals surface area contributed by atoms with Crippen molar-refractivity contribution in [3.8, 4) is 0 Å². The van der Waals surface area contributed by atoms with E-state index in [-0.39, 0.29) is 5.97 Å². The van der Waals surface area contributed by atoms with Crippen LogP contribution in [0.3, 0.4) is 0 Å². The molecule has 0 atom stereocenters. The predicted molar refractivity (Wildman–Crippen MR) is 72.4 cm³/mol. The van der Waals surface area contributed by atoms with E-state index in [4.69, 9.17) is 9.47 Å². The number of ether oxygens (including phenoxy) is 2. The number of pyridine rings is 1. The minimum Gasteiger partial charge on any atom is -0.462 e. The van der Waals surface area contributed by atoms with Crippen molar-refractivity contribution in [1.29, 1.82) is 0 Å². The number of carbonyl (C=O) groups is 1. The zero-order chi connectivity index (χ0) is 13.7. The number of hydrogen-bond acceptors (Lipinski definition) is 5. The Balaban J connectivity index is 2.02. The minimum absolute atomic E-state index is 0.324. The number of nitrogens with zero attached hydrogens (tertiary/aromatic N) is 2. The summed E-state index contributed by atoms with van der Waals surface area (Å²) in [7, 11) is 2.03. The molecule has 1 saturated heterocycles. The summed E-state index contributed by atoms with van der Waals surface area (Å²) >= 11 is 0. The van der Waals surface area contributed by atoms with E-state index in [1.165, 1.54) is 0 Å². The fourth-order valence-electron chi connectivity index (χ4n) is 2.19. The fraction of sp³-hybridized carbons (Fsp3) is 0.571. The lowest BCUT2D eigenvalue weighted by Crippen LogP contribution is -2.37. The van der Waals surface area contributed by atoms with E-state index in [9.17, 15) is 4.79 Å². The molecule has 5 heteroatoms. The van der Waals surface area contributed by atoms with Crippen molar-refractivity contribution in [3.63, 3.8) is 0 Å². The van der Waals surface area contributed by atoms with Crippen LogP contribution in [0.1, 0.15) is 30.1 Å². The van der Waals surface area contributed by atoms with E-state index >= 15 is 0 Å². The molecule has 0 aromatic carbocycles. The Morgan fingerprint density at radius 2 is 2.21 bits per heavy atom. The summed E-state index contributed by atoms with van der Waals surface area (Å²) in [6, 6.07) is 4.08. The van der Waals surface area contributed by atoms with Gasteiger partial charge in [0.2, 0.25) is 0 Å². The SMILES string of the molecule is CCOC(=O)c1ccc(N(C)C2CCOCC2)nc1. The van der Waals surface area contributed by atoms with Crippen molar-refractivity contribution in [3.05, 3.63) is 23.9 Å².